The number of alkyl halides is 3. The van der Waals surface area contributed by atoms with Gasteiger partial charge in [0.05, 0.1) is 17.7 Å². The molecule has 0 unspecified atom stereocenters. The summed E-state index contributed by atoms with van der Waals surface area (Å²) in [7, 11) is 0. The molecule has 1 aromatic carbocycles. The van der Waals surface area contributed by atoms with E-state index in [0.29, 0.717) is 13.0 Å². The van der Waals surface area contributed by atoms with Crippen molar-refractivity contribution in [1.29, 1.82) is 0 Å². The van der Waals surface area contributed by atoms with Crippen LogP contribution in [0.15, 0.2) is 42.7 Å². The Morgan fingerprint density at radius 3 is 2.68 bits per heavy atom. The zero-order chi connectivity index (χ0) is 27.5. The Morgan fingerprint density at radius 2 is 2.03 bits per heavy atom. The molecule has 1 saturated heterocycles. The second-order valence-corrected chi connectivity index (χ2v) is 10.4. The summed E-state index contributed by atoms with van der Waals surface area (Å²) in [5, 5.41) is 16.3. The number of likely N-dealkylation sites (tertiary alicyclic amines) is 1. The van der Waals surface area contributed by atoms with Crippen molar-refractivity contribution in [3.63, 3.8) is 0 Å². The Bertz CT molecular complexity index is 1270. The molecule has 0 radical (unpaired) electrons. The van der Waals surface area contributed by atoms with E-state index in [1.165, 1.54) is 36.7 Å². The number of halogens is 3. The summed E-state index contributed by atoms with van der Waals surface area (Å²) in [5.74, 6) is -1.51. The third kappa shape index (κ3) is 6.60. The Kier molecular flexibility index (Phi) is 7.91. The third-order valence-electron chi connectivity index (χ3n) is 6.65. The number of piperidine rings is 1. The summed E-state index contributed by atoms with van der Waals surface area (Å²) in [6.07, 6.45) is 0.593. The zero-order valence-corrected chi connectivity index (χ0v) is 21.3. The van der Waals surface area contributed by atoms with Crippen LogP contribution >= 0.6 is 0 Å². The number of imidazole rings is 1. The number of nitrogens with zero attached hydrogens (tertiary/aromatic N) is 4. The van der Waals surface area contributed by atoms with E-state index in [4.69, 9.17) is 0 Å². The van der Waals surface area contributed by atoms with Gasteiger partial charge in [-0.1, -0.05) is 26.0 Å². The van der Waals surface area contributed by atoms with Crippen LogP contribution in [0.5, 0.6) is 0 Å². The first-order valence-electron chi connectivity index (χ1n) is 12.4. The predicted molar refractivity (Wildman–Crippen MR) is 134 cm³/mol. The summed E-state index contributed by atoms with van der Waals surface area (Å²) in [5.41, 5.74) is -1.01. The van der Waals surface area contributed by atoms with Crippen LogP contribution in [0.4, 0.5) is 13.2 Å². The largest absolute Gasteiger partial charge is 0.481 e. The van der Waals surface area contributed by atoms with Crippen LogP contribution in [0.25, 0.3) is 17.2 Å². The number of aromatic amines is 1. The molecule has 204 valence electrons. The highest BCUT2D eigenvalue weighted by atomic mass is 19.4. The number of hydrogen-bond donors (Lipinski definition) is 3. The maximum absolute atomic E-state index is 13.7. The van der Waals surface area contributed by atoms with Gasteiger partial charge in [-0.15, -0.1) is 0 Å². The standard InChI is InChI=1S/C26H31F3N6O3/c1-25(2)9-5-12-34(16-25)13-8-17(14-22(36)37)32-24(38)19-15-21(23-30-10-11-31-23)35(33-19)20-7-4-3-6-18(20)26(27,28)29/h3-4,6-7,10-11,15,17H,5,8-9,12-14,16H2,1-2H3,(H,30,31)(H,32,38)(H,36,37)/t17-/m0/s1. The first-order valence-corrected chi connectivity index (χ1v) is 12.4. The van der Waals surface area contributed by atoms with Gasteiger partial charge in [-0.05, 0) is 43.4 Å². The highest BCUT2D eigenvalue weighted by Crippen LogP contribution is 2.35. The van der Waals surface area contributed by atoms with E-state index in [1.54, 1.807) is 0 Å². The topological polar surface area (TPSA) is 116 Å². The molecule has 3 N–H and O–H groups in total. The van der Waals surface area contributed by atoms with Crippen LogP contribution in [0.2, 0.25) is 0 Å². The quantitative estimate of drug-likeness (QED) is 0.377. The molecule has 0 spiro atoms. The van der Waals surface area contributed by atoms with E-state index in [0.717, 1.165) is 36.7 Å². The van der Waals surface area contributed by atoms with Crippen molar-refractivity contribution in [3.8, 4) is 17.2 Å². The maximum atomic E-state index is 13.7. The molecule has 1 amide bonds. The molecule has 1 fully saturated rings. The molecule has 1 atom stereocenters. The lowest BCUT2D eigenvalue weighted by Crippen LogP contribution is -2.44. The molecule has 0 bridgehead atoms. The minimum absolute atomic E-state index is 0.150. The normalized spacial score (nSPS) is 16.8. The van der Waals surface area contributed by atoms with Crippen LogP contribution in [-0.4, -0.2) is 67.3 Å². The summed E-state index contributed by atoms with van der Waals surface area (Å²) in [6, 6.07) is 5.58. The molecule has 1 aliphatic heterocycles. The minimum atomic E-state index is -4.65. The lowest BCUT2D eigenvalue weighted by molar-refractivity contribution is -0.138. The molecule has 0 aliphatic carbocycles. The van der Waals surface area contributed by atoms with Gasteiger partial charge in [0, 0.05) is 37.6 Å². The van der Waals surface area contributed by atoms with E-state index in [2.05, 4.69) is 39.1 Å². The number of para-hydroxylation sites is 1. The summed E-state index contributed by atoms with van der Waals surface area (Å²) < 4.78 is 42.3. The van der Waals surface area contributed by atoms with Crippen LogP contribution in [0, 0.1) is 5.41 Å². The highest BCUT2D eigenvalue weighted by molar-refractivity contribution is 5.94. The van der Waals surface area contributed by atoms with E-state index in [9.17, 15) is 27.9 Å². The van der Waals surface area contributed by atoms with Gasteiger partial charge in [-0.2, -0.15) is 18.3 Å². The molecule has 3 heterocycles. The molecule has 9 nitrogen and oxygen atoms in total. The second-order valence-electron chi connectivity index (χ2n) is 10.4. The number of carboxylic acid groups (broad SMARTS) is 1. The number of H-pyrrole nitrogens is 1. The number of nitrogens with one attached hydrogen (secondary N) is 2. The number of carbonyl (C=O) groups excluding carboxylic acids is 1. The fourth-order valence-corrected chi connectivity index (χ4v) is 4.92. The number of hydrogen-bond acceptors (Lipinski definition) is 5. The molecule has 0 saturated carbocycles. The lowest BCUT2D eigenvalue weighted by Gasteiger charge is -2.38. The van der Waals surface area contributed by atoms with Gasteiger partial charge in [-0.3, -0.25) is 9.59 Å². The van der Waals surface area contributed by atoms with Gasteiger partial charge in [-0.25, -0.2) is 9.67 Å². The Hall–Kier alpha value is -3.67. The number of amides is 1. The van der Waals surface area contributed by atoms with E-state index >= 15 is 0 Å². The van der Waals surface area contributed by atoms with Crippen LogP contribution in [0.3, 0.4) is 0 Å². The number of rotatable bonds is 9. The van der Waals surface area contributed by atoms with Gasteiger partial charge < -0.3 is 20.3 Å². The number of carboxylic acids is 1. The second kappa shape index (κ2) is 11.0. The van der Waals surface area contributed by atoms with Crippen molar-refractivity contribution in [1.82, 2.24) is 30.0 Å². The average molecular weight is 533 g/mol. The van der Waals surface area contributed by atoms with Gasteiger partial charge in [0.25, 0.3) is 5.91 Å². The molecule has 4 rings (SSSR count). The number of carbonyl (C=O) groups is 2. The lowest BCUT2D eigenvalue weighted by atomic mass is 9.84. The summed E-state index contributed by atoms with van der Waals surface area (Å²) in [6.45, 7) is 6.80. The molecule has 38 heavy (non-hydrogen) atoms. The number of aliphatic carboxylic acids is 1. The molecular weight excluding hydrogens is 501 g/mol. The number of benzene rings is 1. The molecule has 2 aromatic heterocycles. The first-order chi connectivity index (χ1) is 17.9. The Morgan fingerprint density at radius 1 is 1.26 bits per heavy atom. The van der Waals surface area contributed by atoms with Crippen molar-refractivity contribution in [2.24, 2.45) is 5.41 Å². The van der Waals surface area contributed by atoms with Crippen LogP contribution < -0.4 is 5.32 Å². The van der Waals surface area contributed by atoms with E-state index in [1.807, 2.05) is 0 Å². The monoisotopic (exact) mass is 532 g/mol. The molecule has 1 aliphatic rings. The van der Waals surface area contributed by atoms with E-state index < -0.39 is 29.7 Å². The van der Waals surface area contributed by atoms with Crippen LogP contribution in [-0.2, 0) is 11.0 Å². The molecule has 3 aromatic rings. The minimum Gasteiger partial charge on any atom is -0.481 e. The SMILES string of the molecule is CC1(C)CCCN(CC[C@@H](CC(=O)O)NC(=O)c2cc(-c3ncc[nH]3)n(-c3ccccc3C(F)(F)F)n2)C1. The summed E-state index contributed by atoms with van der Waals surface area (Å²) >= 11 is 0. The zero-order valence-electron chi connectivity index (χ0n) is 21.3. The molecule has 12 heteroatoms. The van der Waals surface area contributed by atoms with Gasteiger partial charge in [0.15, 0.2) is 11.5 Å². The maximum Gasteiger partial charge on any atom is 0.418 e. The van der Waals surface area contributed by atoms with Crippen molar-refractivity contribution in [3.05, 3.63) is 54.0 Å². The summed E-state index contributed by atoms with van der Waals surface area (Å²) in [4.78, 5) is 33.9. The first kappa shape index (κ1) is 27.4. The smallest absolute Gasteiger partial charge is 0.418 e. The fourth-order valence-electron chi connectivity index (χ4n) is 4.92. The van der Waals surface area contributed by atoms with Crippen LogP contribution in [0.1, 0.15) is 55.6 Å². The van der Waals surface area contributed by atoms with Gasteiger partial charge in [0.2, 0.25) is 0 Å². The predicted octanol–water partition coefficient (Wildman–Crippen LogP) is 4.37. The number of aromatic nitrogens is 4. The van der Waals surface area contributed by atoms with Crippen molar-refractivity contribution in [2.45, 2.75) is 51.7 Å². The van der Waals surface area contributed by atoms with Crippen molar-refractivity contribution in [2.75, 3.05) is 19.6 Å². The van der Waals surface area contributed by atoms with Gasteiger partial charge in [0.1, 0.15) is 5.69 Å². The fraction of sp³-hybridized carbons (Fsp3) is 0.462. The van der Waals surface area contributed by atoms with Crippen molar-refractivity contribution >= 4 is 11.9 Å². The third-order valence-corrected chi connectivity index (χ3v) is 6.65. The Labute approximate surface area is 218 Å². The van der Waals surface area contributed by atoms with Crippen molar-refractivity contribution < 1.29 is 27.9 Å². The highest BCUT2D eigenvalue weighted by Gasteiger charge is 2.35. The van der Waals surface area contributed by atoms with Gasteiger partial charge >= 0.3 is 12.1 Å². The van der Waals surface area contributed by atoms with E-state index in [-0.39, 0.29) is 34.7 Å². The average Bonchev–Trinajstić information content (AvgIpc) is 3.51. The Balaban J connectivity index is 1.59. The molecular formula is C26H31F3N6O3.